The molecule has 12 nitrogen and oxygen atoms in total. The lowest BCUT2D eigenvalue weighted by Crippen LogP contribution is -2.45. The highest BCUT2D eigenvalue weighted by Crippen LogP contribution is 2.45. The number of pyridine rings is 1. The molecular formula is C34H44FN7O5. The van der Waals surface area contributed by atoms with Crippen LogP contribution < -0.4 is 10.1 Å². The highest BCUT2D eigenvalue weighted by Gasteiger charge is 2.35. The Bertz CT molecular complexity index is 1800. The molecule has 2 aliphatic rings. The number of carbonyl (C=O) groups is 1. The minimum atomic E-state index is -1.36. The second-order valence-corrected chi connectivity index (χ2v) is 13.5. The molecule has 0 spiro atoms. The zero-order valence-electron chi connectivity index (χ0n) is 28.2. The fourth-order valence-corrected chi connectivity index (χ4v) is 6.57. The van der Waals surface area contributed by atoms with Gasteiger partial charge < -0.3 is 33.8 Å². The topological polar surface area (TPSA) is 131 Å². The number of anilines is 1. The first-order valence-electron chi connectivity index (χ1n) is 16.2. The molecule has 1 fully saturated rings. The van der Waals surface area contributed by atoms with E-state index < -0.39 is 23.5 Å². The third-order valence-corrected chi connectivity index (χ3v) is 9.01. The smallest absolute Gasteiger partial charge is 0.337 e. The third-order valence-electron chi connectivity index (χ3n) is 9.01. The molecule has 1 aromatic carbocycles. The lowest BCUT2D eigenvalue weighted by Gasteiger charge is -2.32. The van der Waals surface area contributed by atoms with Crippen molar-refractivity contribution in [3.8, 4) is 28.5 Å². The minimum Gasteiger partial charge on any atom is -0.490 e. The third kappa shape index (κ3) is 6.56. The van der Waals surface area contributed by atoms with Gasteiger partial charge in [-0.05, 0) is 77.8 Å². The van der Waals surface area contributed by atoms with E-state index in [4.69, 9.17) is 18.9 Å². The molecule has 0 bridgehead atoms. The Kier molecular flexibility index (Phi) is 8.98. The van der Waals surface area contributed by atoms with E-state index in [0.29, 0.717) is 64.7 Å². The number of fused-ring (bicyclic) bond motifs is 2. The van der Waals surface area contributed by atoms with Crippen LogP contribution in [0.25, 0.3) is 33.7 Å². The summed E-state index contributed by atoms with van der Waals surface area (Å²) in [5.74, 6) is -1.11. The summed E-state index contributed by atoms with van der Waals surface area (Å²) < 4.78 is 35.5. The Morgan fingerprint density at radius 3 is 2.60 bits per heavy atom. The summed E-state index contributed by atoms with van der Waals surface area (Å²) in [5, 5.41) is 22.9. The van der Waals surface area contributed by atoms with Crippen LogP contribution in [-0.2, 0) is 23.0 Å². The monoisotopic (exact) mass is 649 g/mol. The number of aliphatic carboxylic acids is 1. The van der Waals surface area contributed by atoms with Crippen molar-refractivity contribution < 1.29 is 28.2 Å². The summed E-state index contributed by atoms with van der Waals surface area (Å²) >= 11 is 0. The molecule has 2 aliphatic heterocycles. The molecule has 252 valence electrons. The molecule has 2 N–H and O–H groups in total. The van der Waals surface area contributed by atoms with Crippen molar-refractivity contribution in [2.45, 2.75) is 59.2 Å². The number of nitrogens with zero attached hydrogens (tertiary/aromatic N) is 6. The minimum absolute atomic E-state index is 0.258. The molecule has 5 heterocycles. The van der Waals surface area contributed by atoms with E-state index in [0.717, 1.165) is 50.3 Å². The van der Waals surface area contributed by atoms with Gasteiger partial charge in [0.1, 0.15) is 11.3 Å². The van der Waals surface area contributed by atoms with Crippen LogP contribution in [0.5, 0.6) is 5.75 Å². The number of benzene rings is 1. The standard InChI is InChI=1S/C34H44FN7O5/c1-19-21-9-8-16-45-28(21)24(35)17-22(19)27-23-18-25(31-38-39-33(46-31)36-10-11-42-14-12-40(6)13-15-42)41(7)30(23)37-20(2)26(27)29(32(43)44)47-34(3,4)5/h17-18,29H,8-16H2,1-7H3,(H,36,39)(H,43,44)/t29-/m0/s1. The molecule has 13 heteroatoms. The Labute approximate surface area is 273 Å². The number of halogens is 1. The van der Waals surface area contributed by atoms with E-state index in [2.05, 4.69) is 32.4 Å². The van der Waals surface area contributed by atoms with E-state index in [1.54, 1.807) is 27.7 Å². The van der Waals surface area contributed by atoms with Gasteiger partial charge in [0.25, 0.3) is 5.89 Å². The maximum atomic E-state index is 15.7. The van der Waals surface area contributed by atoms with Gasteiger partial charge in [-0.1, -0.05) is 5.10 Å². The molecular weight excluding hydrogens is 605 g/mol. The summed E-state index contributed by atoms with van der Waals surface area (Å²) in [6.45, 7) is 15.2. The molecule has 3 aromatic heterocycles. The molecule has 0 amide bonds. The van der Waals surface area contributed by atoms with Crippen LogP contribution in [0.1, 0.15) is 55.7 Å². The fraction of sp³-hybridized carbons (Fsp3) is 0.529. The number of likely N-dealkylation sites (N-methyl/N-ethyl adjacent to an activating group) is 1. The number of hydrogen-bond donors (Lipinski definition) is 2. The van der Waals surface area contributed by atoms with Gasteiger partial charge in [0.15, 0.2) is 17.7 Å². The number of carboxylic acids is 1. The van der Waals surface area contributed by atoms with E-state index >= 15 is 4.39 Å². The quantitative estimate of drug-likeness (QED) is 0.255. The molecule has 4 aromatic rings. The Balaban J connectivity index is 1.45. The van der Waals surface area contributed by atoms with E-state index in [1.165, 1.54) is 6.07 Å². The molecule has 0 aliphatic carbocycles. The number of carboxylic acid groups (broad SMARTS) is 1. The van der Waals surface area contributed by atoms with Crippen molar-refractivity contribution in [2.75, 3.05) is 58.2 Å². The van der Waals surface area contributed by atoms with Crippen molar-refractivity contribution in [3.63, 3.8) is 0 Å². The zero-order valence-corrected chi connectivity index (χ0v) is 28.2. The van der Waals surface area contributed by atoms with Gasteiger partial charge in [0.2, 0.25) is 0 Å². The largest absolute Gasteiger partial charge is 0.490 e. The molecule has 6 rings (SSSR count). The van der Waals surface area contributed by atoms with Crippen molar-refractivity contribution in [2.24, 2.45) is 7.05 Å². The predicted octanol–water partition coefficient (Wildman–Crippen LogP) is 4.97. The predicted molar refractivity (Wildman–Crippen MR) is 176 cm³/mol. The summed E-state index contributed by atoms with van der Waals surface area (Å²) in [5.41, 5.74) is 3.91. The maximum absolute atomic E-state index is 15.7. The number of nitrogens with one attached hydrogen (secondary N) is 1. The Hall–Kier alpha value is -4.07. The summed E-state index contributed by atoms with van der Waals surface area (Å²) in [6, 6.07) is 3.60. The van der Waals surface area contributed by atoms with Crippen LogP contribution in [0, 0.1) is 19.7 Å². The number of rotatable bonds is 9. The normalized spacial score (nSPS) is 16.7. The first kappa shape index (κ1) is 32.9. The van der Waals surface area contributed by atoms with Gasteiger partial charge in [-0.25, -0.2) is 14.2 Å². The number of hydrogen-bond acceptors (Lipinski definition) is 10. The van der Waals surface area contributed by atoms with Crippen LogP contribution in [0.15, 0.2) is 16.5 Å². The van der Waals surface area contributed by atoms with Gasteiger partial charge in [0, 0.05) is 74.1 Å². The van der Waals surface area contributed by atoms with Crippen LogP contribution in [-0.4, -0.2) is 99.1 Å². The number of ether oxygens (including phenoxy) is 2. The highest BCUT2D eigenvalue weighted by atomic mass is 19.1. The van der Waals surface area contributed by atoms with Crippen molar-refractivity contribution in [1.29, 1.82) is 0 Å². The second kappa shape index (κ2) is 12.9. The SMILES string of the molecule is Cc1nc2c(cc(-c3nnc(NCCN4CCN(C)CC4)o3)n2C)c(-c2cc(F)c3c(c2C)CCCO3)c1[C@H](OC(C)(C)C)C(=O)O. The Morgan fingerprint density at radius 2 is 1.89 bits per heavy atom. The first-order valence-corrected chi connectivity index (χ1v) is 16.2. The van der Waals surface area contributed by atoms with Crippen LogP contribution in [0.4, 0.5) is 10.4 Å². The van der Waals surface area contributed by atoms with Gasteiger partial charge >= 0.3 is 12.0 Å². The van der Waals surface area contributed by atoms with Gasteiger partial charge in [0.05, 0.1) is 12.2 Å². The van der Waals surface area contributed by atoms with Crippen molar-refractivity contribution >= 4 is 23.0 Å². The molecule has 1 saturated heterocycles. The lowest BCUT2D eigenvalue weighted by molar-refractivity contribution is -0.160. The average molecular weight is 650 g/mol. The molecule has 47 heavy (non-hydrogen) atoms. The summed E-state index contributed by atoms with van der Waals surface area (Å²) in [4.78, 5) is 22.4. The van der Waals surface area contributed by atoms with Crippen LogP contribution >= 0.6 is 0 Å². The number of piperazine rings is 1. The van der Waals surface area contributed by atoms with Crippen molar-refractivity contribution in [3.05, 3.63) is 40.3 Å². The molecule has 0 radical (unpaired) electrons. The maximum Gasteiger partial charge on any atom is 0.337 e. The van der Waals surface area contributed by atoms with Crippen LogP contribution in [0.3, 0.4) is 0 Å². The average Bonchev–Trinajstić information content (AvgIpc) is 3.62. The number of aryl methyl sites for hydroxylation is 2. The first-order chi connectivity index (χ1) is 22.3. The van der Waals surface area contributed by atoms with E-state index in [9.17, 15) is 9.90 Å². The van der Waals surface area contributed by atoms with E-state index in [1.807, 2.05) is 24.6 Å². The van der Waals surface area contributed by atoms with Crippen LogP contribution in [0.2, 0.25) is 0 Å². The summed E-state index contributed by atoms with van der Waals surface area (Å²) in [6.07, 6.45) is 0.0550. The van der Waals surface area contributed by atoms with Gasteiger partial charge in [-0.2, -0.15) is 0 Å². The van der Waals surface area contributed by atoms with Gasteiger partial charge in [-0.3, -0.25) is 4.90 Å². The summed E-state index contributed by atoms with van der Waals surface area (Å²) in [7, 11) is 3.97. The highest BCUT2D eigenvalue weighted by molar-refractivity contribution is 6.01. The second-order valence-electron chi connectivity index (χ2n) is 13.5. The zero-order chi connectivity index (χ0) is 33.6. The Morgan fingerprint density at radius 1 is 1.15 bits per heavy atom. The molecule has 1 atom stereocenters. The van der Waals surface area contributed by atoms with Gasteiger partial charge in [-0.15, -0.1) is 5.10 Å². The van der Waals surface area contributed by atoms with Crippen molar-refractivity contribution in [1.82, 2.24) is 29.5 Å². The molecule has 0 unspecified atom stereocenters. The molecule has 0 saturated carbocycles. The fourth-order valence-electron chi connectivity index (χ4n) is 6.57. The van der Waals surface area contributed by atoms with E-state index in [-0.39, 0.29) is 11.6 Å². The lowest BCUT2D eigenvalue weighted by atomic mass is 9.86. The number of aromatic nitrogens is 4.